The second-order valence-electron chi connectivity index (χ2n) is 5.31. The molecular formula is C19H18N2O3. The van der Waals surface area contributed by atoms with Gasteiger partial charge in [0, 0.05) is 17.2 Å². The van der Waals surface area contributed by atoms with Gasteiger partial charge in [0.05, 0.1) is 7.11 Å². The van der Waals surface area contributed by atoms with Crippen molar-refractivity contribution >= 4 is 11.8 Å². The Morgan fingerprint density at radius 3 is 2.46 bits per heavy atom. The second-order valence-corrected chi connectivity index (χ2v) is 5.31. The largest absolute Gasteiger partial charge is 0.497 e. The lowest BCUT2D eigenvalue weighted by Gasteiger charge is -2.02. The number of hydrogen-bond acceptors (Lipinski definition) is 4. The number of aromatic nitrogens is 1. The van der Waals surface area contributed by atoms with Crippen LogP contribution in [-0.4, -0.2) is 18.2 Å². The van der Waals surface area contributed by atoms with Crippen LogP contribution in [0.5, 0.6) is 5.75 Å². The highest BCUT2D eigenvalue weighted by Gasteiger charge is 2.11. The van der Waals surface area contributed by atoms with Crippen molar-refractivity contribution in [2.24, 2.45) is 0 Å². The molecule has 0 spiro atoms. The van der Waals surface area contributed by atoms with Crippen molar-refractivity contribution in [3.8, 4) is 17.0 Å². The molecule has 1 N–H and O–H groups in total. The van der Waals surface area contributed by atoms with Gasteiger partial charge in [0.1, 0.15) is 11.4 Å². The zero-order chi connectivity index (χ0) is 16.9. The van der Waals surface area contributed by atoms with Gasteiger partial charge in [-0.3, -0.25) is 10.1 Å². The maximum atomic E-state index is 12.2. The van der Waals surface area contributed by atoms with Crippen LogP contribution in [0.2, 0.25) is 0 Å². The average Bonchev–Trinajstić information content (AvgIpc) is 3.10. The summed E-state index contributed by atoms with van der Waals surface area (Å²) in [5.41, 5.74) is 3.40. The minimum Gasteiger partial charge on any atom is -0.497 e. The quantitative estimate of drug-likeness (QED) is 0.766. The lowest BCUT2D eigenvalue weighted by Crippen LogP contribution is -2.11. The van der Waals surface area contributed by atoms with Crippen molar-refractivity contribution in [2.75, 3.05) is 12.4 Å². The fraction of sp³-hybridized carbons (Fsp3) is 0.158. The van der Waals surface area contributed by atoms with E-state index in [2.05, 4.69) is 29.5 Å². The summed E-state index contributed by atoms with van der Waals surface area (Å²) in [6, 6.07) is 16.6. The van der Waals surface area contributed by atoms with Crippen LogP contribution in [0, 0.1) is 0 Å². The maximum Gasteiger partial charge on any atom is 0.258 e. The van der Waals surface area contributed by atoms with Gasteiger partial charge in [-0.05, 0) is 36.2 Å². The summed E-state index contributed by atoms with van der Waals surface area (Å²) in [6.07, 6.45) is 0.988. The molecule has 1 amide bonds. The number of nitrogens with one attached hydrogen (secondary N) is 1. The number of anilines is 1. The van der Waals surface area contributed by atoms with Crippen molar-refractivity contribution in [1.29, 1.82) is 0 Å². The van der Waals surface area contributed by atoms with E-state index in [9.17, 15) is 4.79 Å². The van der Waals surface area contributed by atoms with E-state index in [0.717, 1.165) is 12.0 Å². The molecule has 1 heterocycles. The summed E-state index contributed by atoms with van der Waals surface area (Å²) in [5, 5.41) is 6.71. The minimum absolute atomic E-state index is 0.262. The second kappa shape index (κ2) is 7.00. The van der Waals surface area contributed by atoms with Crippen molar-refractivity contribution in [3.05, 3.63) is 65.7 Å². The molecule has 0 saturated heterocycles. The van der Waals surface area contributed by atoms with E-state index < -0.39 is 0 Å². The van der Waals surface area contributed by atoms with Gasteiger partial charge < -0.3 is 9.26 Å². The minimum atomic E-state index is -0.262. The molecule has 0 aliphatic rings. The number of carbonyl (C=O) groups is 1. The molecule has 2 aromatic carbocycles. The number of methoxy groups -OCH3 is 1. The smallest absolute Gasteiger partial charge is 0.258 e. The Labute approximate surface area is 140 Å². The van der Waals surface area contributed by atoms with Gasteiger partial charge in [-0.2, -0.15) is 0 Å². The first kappa shape index (κ1) is 15.8. The fourth-order valence-corrected chi connectivity index (χ4v) is 2.31. The fourth-order valence-electron chi connectivity index (χ4n) is 2.31. The Morgan fingerprint density at radius 1 is 1.12 bits per heavy atom. The molecule has 5 heteroatoms. The Kier molecular flexibility index (Phi) is 4.61. The SMILES string of the molecule is CCc1ccc(-c2cc(NC(=O)c3ccc(OC)cc3)on2)cc1. The monoisotopic (exact) mass is 322 g/mol. The van der Waals surface area contributed by atoms with Gasteiger partial charge >= 0.3 is 0 Å². The highest BCUT2D eigenvalue weighted by molar-refractivity contribution is 6.03. The molecule has 0 fully saturated rings. The molecular weight excluding hydrogens is 304 g/mol. The van der Waals surface area contributed by atoms with Crippen LogP contribution in [0.25, 0.3) is 11.3 Å². The number of ether oxygens (including phenoxy) is 1. The molecule has 0 radical (unpaired) electrons. The molecule has 0 atom stereocenters. The number of amides is 1. The lowest BCUT2D eigenvalue weighted by molar-refractivity contribution is 0.102. The third-order valence-electron chi connectivity index (χ3n) is 3.76. The summed E-state index contributed by atoms with van der Waals surface area (Å²) < 4.78 is 10.3. The summed E-state index contributed by atoms with van der Waals surface area (Å²) in [6.45, 7) is 2.11. The topological polar surface area (TPSA) is 64.4 Å². The molecule has 122 valence electrons. The normalized spacial score (nSPS) is 10.4. The summed E-state index contributed by atoms with van der Waals surface area (Å²) in [7, 11) is 1.58. The zero-order valence-corrected chi connectivity index (χ0v) is 13.6. The standard InChI is InChI=1S/C19H18N2O3/c1-3-13-4-6-14(7-5-13)17-12-18(24-21-17)20-19(22)15-8-10-16(23-2)11-9-15/h4-12H,3H2,1-2H3,(H,20,22). The number of nitrogens with zero attached hydrogens (tertiary/aromatic N) is 1. The predicted octanol–water partition coefficient (Wildman–Crippen LogP) is 4.16. The molecule has 5 nitrogen and oxygen atoms in total. The van der Waals surface area contributed by atoms with Crippen LogP contribution in [0.15, 0.2) is 59.1 Å². The van der Waals surface area contributed by atoms with Gasteiger partial charge in [0.25, 0.3) is 5.91 Å². The number of aryl methyl sites for hydroxylation is 1. The van der Waals surface area contributed by atoms with Gasteiger partial charge in [-0.15, -0.1) is 0 Å². The predicted molar refractivity (Wildman–Crippen MR) is 92.3 cm³/mol. The van der Waals surface area contributed by atoms with Crippen LogP contribution in [0.3, 0.4) is 0 Å². The first-order chi connectivity index (χ1) is 11.7. The van der Waals surface area contributed by atoms with E-state index >= 15 is 0 Å². The molecule has 24 heavy (non-hydrogen) atoms. The van der Waals surface area contributed by atoms with Crippen LogP contribution in [-0.2, 0) is 6.42 Å². The molecule has 1 aromatic heterocycles. The Balaban J connectivity index is 1.71. The van der Waals surface area contributed by atoms with Crippen molar-refractivity contribution < 1.29 is 14.1 Å². The highest BCUT2D eigenvalue weighted by atomic mass is 16.5. The average molecular weight is 322 g/mol. The highest BCUT2D eigenvalue weighted by Crippen LogP contribution is 2.23. The maximum absolute atomic E-state index is 12.2. The Morgan fingerprint density at radius 2 is 1.83 bits per heavy atom. The summed E-state index contributed by atoms with van der Waals surface area (Å²) in [4.78, 5) is 12.2. The third kappa shape index (κ3) is 3.46. The third-order valence-corrected chi connectivity index (χ3v) is 3.76. The summed E-state index contributed by atoms with van der Waals surface area (Å²) >= 11 is 0. The van der Waals surface area contributed by atoms with Crippen LogP contribution in [0.4, 0.5) is 5.88 Å². The van der Waals surface area contributed by atoms with E-state index in [1.165, 1.54) is 5.56 Å². The van der Waals surface area contributed by atoms with E-state index in [-0.39, 0.29) is 5.91 Å². The van der Waals surface area contributed by atoms with E-state index in [1.54, 1.807) is 37.4 Å². The molecule has 0 saturated carbocycles. The van der Waals surface area contributed by atoms with Crippen LogP contribution < -0.4 is 10.1 Å². The lowest BCUT2D eigenvalue weighted by atomic mass is 10.1. The molecule has 3 rings (SSSR count). The molecule has 0 bridgehead atoms. The van der Waals surface area contributed by atoms with Gasteiger partial charge in [-0.25, -0.2) is 0 Å². The molecule has 0 aliphatic carbocycles. The first-order valence-electron chi connectivity index (χ1n) is 7.71. The van der Waals surface area contributed by atoms with E-state index in [0.29, 0.717) is 22.9 Å². The van der Waals surface area contributed by atoms with Crippen molar-refractivity contribution in [2.45, 2.75) is 13.3 Å². The molecule has 3 aromatic rings. The van der Waals surface area contributed by atoms with Gasteiger partial charge in [-0.1, -0.05) is 36.3 Å². The molecule has 0 aliphatic heterocycles. The van der Waals surface area contributed by atoms with Gasteiger partial charge in [0.15, 0.2) is 0 Å². The zero-order valence-electron chi connectivity index (χ0n) is 13.6. The molecule has 0 unspecified atom stereocenters. The number of benzene rings is 2. The summed E-state index contributed by atoms with van der Waals surface area (Å²) in [5.74, 6) is 0.746. The van der Waals surface area contributed by atoms with Gasteiger partial charge in [0.2, 0.25) is 5.88 Å². The first-order valence-corrected chi connectivity index (χ1v) is 7.71. The van der Waals surface area contributed by atoms with E-state index in [1.807, 2.05) is 12.1 Å². The number of carbonyl (C=O) groups excluding carboxylic acids is 1. The number of rotatable bonds is 5. The van der Waals surface area contributed by atoms with Crippen LogP contribution in [0.1, 0.15) is 22.8 Å². The van der Waals surface area contributed by atoms with E-state index in [4.69, 9.17) is 9.26 Å². The Bertz CT molecular complexity index is 821. The van der Waals surface area contributed by atoms with Crippen molar-refractivity contribution in [1.82, 2.24) is 5.16 Å². The van der Waals surface area contributed by atoms with Crippen LogP contribution >= 0.6 is 0 Å². The Hall–Kier alpha value is -3.08. The van der Waals surface area contributed by atoms with Crippen molar-refractivity contribution in [3.63, 3.8) is 0 Å². The number of hydrogen-bond donors (Lipinski definition) is 1.